The van der Waals surface area contributed by atoms with Crippen molar-refractivity contribution in [1.29, 1.82) is 0 Å². The van der Waals surface area contributed by atoms with Crippen molar-refractivity contribution in [3.8, 4) is 0 Å². The zero-order valence-corrected chi connectivity index (χ0v) is 7.12. The molecule has 0 radical (unpaired) electrons. The van der Waals surface area contributed by atoms with Gasteiger partial charge in [0.05, 0.1) is 13.7 Å². The van der Waals surface area contributed by atoms with E-state index in [1.165, 1.54) is 14.2 Å². The third kappa shape index (κ3) is 3.95. The third-order valence-electron chi connectivity index (χ3n) is 1.22. The first-order chi connectivity index (χ1) is 5.26. The second-order valence-electron chi connectivity index (χ2n) is 1.91. The lowest BCUT2D eigenvalue weighted by atomic mass is 10.4. The molecule has 0 fully saturated rings. The molecule has 66 valence electrons. The molecule has 1 atom stereocenters. The maximum absolute atomic E-state index is 10.8. The first kappa shape index (κ1) is 10.4. The van der Waals surface area contributed by atoms with Crippen LogP contribution in [0.3, 0.4) is 0 Å². The molecule has 0 aromatic heterocycles. The van der Waals surface area contributed by atoms with E-state index in [4.69, 9.17) is 9.47 Å². The van der Waals surface area contributed by atoms with E-state index in [9.17, 15) is 4.79 Å². The van der Waals surface area contributed by atoms with Gasteiger partial charge in [-0.3, -0.25) is 0 Å². The molecule has 0 saturated carbocycles. The van der Waals surface area contributed by atoms with Crippen LogP contribution < -0.4 is 0 Å². The number of carbonyl (C=O) groups is 1. The largest absolute Gasteiger partial charge is 0.467 e. The molecular weight excluding hydrogens is 148 g/mol. The minimum Gasteiger partial charge on any atom is -0.467 e. The van der Waals surface area contributed by atoms with Gasteiger partial charge in [0.2, 0.25) is 0 Å². The fraction of sp³-hybridized carbons (Fsp3) is 0.857. The fourth-order valence-corrected chi connectivity index (χ4v) is 0.589. The topological polar surface area (TPSA) is 44.8 Å². The molecular formula is C7H14O4. The van der Waals surface area contributed by atoms with Crippen molar-refractivity contribution >= 4 is 5.97 Å². The smallest absolute Gasteiger partial charge is 0.337 e. The van der Waals surface area contributed by atoms with E-state index in [1.54, 1.807) is 0 Å². The van der Waals surface area contributed by atoms with Gasteiger partial charge in [-0.1, -0.05) is 0 Å². The van der Waals surface area contributed by atoms with Crippen LogP contribution >= 0.6 is 0 Å². The monoisotopic (exact) mass is 162 g/mol. The first-order valence-corrected chi connectivity index (χ1v) is 3.44. The minimum absolute atomic E-state index is 0.250. The van der Waals surface area contributed by atoms with Gasteiger partial charge in [0.15, 0.2) is 6.10 Å². The van der Waals surface area contributed by atoms with Gasteiger partial charge in [0, 0.05) is 13.7 Å². The molecule has 11 heavy (non-hydrogen) atoms. The quantitative estimate of drug-likeness (QED) is 0.542. The van der Waals surface area contributed by atoms with Gasteiger partial charge in [0.25, 0.3) is 0 Å². The minimum atomic E-state index is -0.597. The summed E-state index contributed by atoms with van der Waals surface area (Å²) in [5, 5.41) is 0. The summed E-state index contributed by atoms with van der Waals surface area (Å²) in [6.45, 7) is 2.67. The summed E-state index contributed by atoms with van der Waals surface area (Å²) in [4.78, 5) is 10.8. The first-order valence-electron chi connectivity index (χ1n) is 3.44. The summed E-state index contributed by atoms with van der Waals surface area (Å²) < 4.78 is 14.2. The van der Waals surface area contributed by atoms with E-state index in [1.807, 2.05) is 6.92 Å². The van der Waals surface area contributed by atoms with E-state index < -0.39 is 12.1 Å². The maximum atomic E-state index is 10.8. The van der Waals surface area contributed by atoms with Crippen LogP contribution in [0.15, 0.2) is 0 Å². The Morgan fingerprint density at radius 1 is 1.45 bits per heavy atom. The van der Waals surface area contributed by atoms with E-state index in [0.29, 0.717) is 6.61 Å². The van der Waals surface area contributed by atoms with Crippen LogP contribution in [0.4, 0.5) is 0 Å². The second kappa shape index (κ2) is 6.12. The van der Waals surface area contributed by atoms with Gasteiger partial charge in [-0.15, -0.1) is 0 Å². The molecule has 0 aromatic carbocycles. The Morgan fingerprint density at radius 3 is 2.45 bits per heavy atom. The summed E-state index contributed by atoms with van der Waals surface area (Å²) in [5.74, 6) is -0.402. The molecule has 0 heterocycles. The summed E-state index contributed by atoms with van der Waals surface area (Å²) in [6.07, 6.45) is -0.597. The average Bonchev–Trinajstić information content (AvgIpc) is 2.05. The molecule has 0 aliphatic carbocycles. The van der Waals surface area contributed by atoms with Crippen molar-refractivity contribution in [2.24, 2.45) is 0 Å². The van der Waals surface area contributed by atoms with Gasteiger partial charge in [-0.2, -0.15) is 0 Å². The highest BCUT2D eigenvalue weighted by Crippen LogP contribution is 1.93. The zero-order valence-electron chi connectivity index (χ0n) is 7.12. The number of rotatable bonds is 5. The van der Waals surface area contributed by atoms with Gasteiger partial charge < -0.3 is 14.2 Å². The van der Waals surface area contributed by atoms with Crippen LogP contribution in [0.25, 0.3) is 0 Å². The van der Waals surface area contributed by atoms with Gasteiger partial charge in [-0.05, 0) is 6.92 Å². The fourth-order valence-electron chi connectivity index (χ4n) is 0.589. The predicted octanol–water partition coefficient (Wildman–Crippen LogP) is 0.211. The zero-order chi connectivity index (χ0) is 8.69. The van der Waals surface area contributed by atoms with Crippen LogP contribution in [0.2, 0.25) is 0 Å². The Bertz CT molecular complexity index is 113. The molecule has 0 N–H and O–H groups in total. The molecule has 4 heteroatoms. The Hall–Kier alpha value is -0.610. The lowest BCUT2D eigenvalue weighted by Gasteiger charge is -2.11. The Morgan fingerprint density at radius 2 is 2.09 bits per heavy atom. The summed E-state index contributed by atoms with van der Waals surface area (Å²) >= 11 is 0. The second-order valence-corrected chi connectivity index (χ2v) is 1.91. The molecule has 0 aliphatic rings. The predicted molar refractivity (Wildman–Crippen MR) is 39.3 cm³/mol. The number of hydrogen-bond acceptors (Lipinski definition) is 4. The molecule has 0 bridgehead atoms. The van der Waals surface area contributed by atoms with E-state index >= 15 is 0 Å². The van der Waals surface area contributed by atoms with Crippen molar-refractivity contribution in [3.63, 3.8) is 0 Å². The van der Waals surface area contributed by atoms with E-state index in [2.05, 4.69) is 4.74 Å². The van der Waals surface area contributed by atoms with E-state index in [0.717, 1.165) is 0 Å². The number of ether oxygens (including phenoxy) is 3. The van der Waals surface area contributed by atoms with Crippen molar-refractivity contribution in [3.05, 3.63) is 0 Å². The van der Waals surface area contributed by atoms with Crippen LogP contribution in [-0.2, 0) is 19.0 Å². The molecule has 0 rings (SSSR count). The highest BCUT2D eigenvalue weighted by Gasteiger charge is 2.17. The number of hydrogen-bond donors (Lipinski definition) is 0. The lowest BCUT2D eigenvalue weighted by molar-refractivity contribution is -0.155. The van der Waals surface area contributed by atoms with Crippen LogP contribution in [0, 0.1) is 0 Å². The molecule has 0 amide bonds. The highest BCUT2D eigenvalue weighted by molar-refractivity contribution is 5.74. The van der Waals surface area contributed by atoms with Crippen LogP contribution in [0.1, 0.15) is 6.92 Å². The van der Waals surface area contributed by atoms with E-state index in [-0.39, 0.29) is 6.61 Å². The van der Waals surface area contributed by atoms with Crippen molar-refractivity contribution in [2.45, 2.75) is 13.0 Å². The molecule has 4 nitrogen and oxygen atoms in total. The lowest BCUT2D eigenvalue weighted by Crippen LogP contribution is -2.29. The highest BCUT2D eigenvalue weighted by atomic mass is 16.6. The average molecular weight is 162 g/mol. The Balaban J connectivity index is 3.65. The Kier molecular flexibility index (Phi) is 5.78. The summed E-state index contributed by atoms with van der Waals surface area (Å²) in [6, 6.07) is 0. The normalized spacial score (nSPS) is 12.6. The molecule has 0 spiro atoms. The molecule has 0 saturated heterocycles. The van der Waals surface area contributed by atoms with Crippen molar-refractivity contribution < 1.29 is 19.0 Å². The van der Waals surface area contributed by atoms with Crippen LogP contribution in [0.5, 0.6) is 0 Å². The number of carbonyl (C=O) groups excluding carboxylic acids is 1. The molecule has 0 aliphatic heterocycles. The molecule has 0 aromatic rings. The number of methoxy groups -OCH3 is 2. The van der Waals surface area contributed by atoms with Gasteiger partial charge in [-0.25, -0.2) is 4.79 Å². The summed E-state index contributed by atoms with van der Waals surface area (Å²) in [7, 11) is 2.76. The molecule has 1 unspecified atom stereocenters. The van der Waals surface area contributed by atoms with Crippen molar-refractivity contribution in [1.82, 2.24) is 0 Å². The SMILES string of the molecule is CCOCC(OC)C(=O)OC. The standard InChI is InChI=1S/C7H14O4/c1-4-11-5-6(9-2)7(8)10-3/h6H,4-5H2,1-3H3. The maximum Gasteiger partial charge on any atom is 0.337 e. The number of esters is 1. The van der Waals surface area contributed by atoms with Gasteiger partial charge in [0.1, 0.15) is 0 Å². The summed E-state index contributed by atoms with van der Waals surface area (Å²) in [5.41, 5.74) is 0. The van der Waals surface area contributed by atoms with Crippen molar-refractivity contribution in [2.75, 3.05) is 27.4 Å². The van der Waals surface area contributed by atoms with Crippen LogP contribution in [-0.4, -0.2) is 39.5 Å². The third-order valence-corrected chi connectivity index (χ3v) is 1.22. The Labute approximate surface area is 66.4 Å². The van der Waals surface area contributed by atoms with Gasteiger partial charge >= 0.3 is 5.97 Å².